The molecule has 1 N–H and O–H groups in total. The van der Waals surface area contributed by atoms with Gasteiger partial charge < -0.3 is 9.73 Å². The van der Waals surface area contributed by atoms with Gasteiger partial charge in [-0.1, -0.05) is 13.8 Å². The van der Waals surface area contributed by atoms with Crippen LogP contribution in [0, 0.1) is 0 Å². The molecule has 2 aromatic heterocycles. The molecule has 2 aromatic rings. The third-order valence-electron chi connectivity index (χ3n) is 2.27. The molecule has 1 amide bonds. The summed E-state index contributed by atoms with van der Waals surface area (Å²) in [5.74, 6) is 0.926. The van der Waals surface area contributed by atoms with E-state index in [1.807, 2.05) is 5.38 Å². The number of hydrogen-bond acceptors (Lipinski definition) is 4. The molecular weight excluding hydrogens is 236 g/mol. The molecule has 0 spiro atoms. The standard InChI is InChI=1S/C12H14N2O2S/c1-8(2)10-7-17-12(13-10)14-11(15)6-9-4-3-5-16-9/h3-5,7-8H,6H2,1-2H3,(H,13,14,15). The molecule has 0 bridgehead atoms. The van der Waals surface area contributed by atoms with Crippen LogP contribution in [0.25, 0.3) is 0 Å². The Labute approximate surface area is 104 Å². The highest BCUT2D eigenvalue weighted by Gasteiger charge is 2.10. The van der Waals surface area contributed by atoms with Gasteiger partial charge in [0.2, 0.25) is 5.91 Å². The van der Waals surface area contributed by atoms with Crippen molar-refractivity contribution in [3.63, 3.8) is 0 Å². The second kappa shape index (κ2) is 5.14. The van der Waals surface area contributed by atoms with E-state index >= 15 is 0 Å². The Hall–Kier alpha value is -1.62. The molecule has 5 heteroatoms. The monoisotopic (exact) mass is 250 g/mol. The molecule has 90 valence electrons. The first-order valence-electron chi connectivity index (χ1n) is 5.43. The highest BCUT2D eigenvalue weighted by Crippen LogP contribution is 2.21. The number of nitrogens with zero attached hydrogens (tertiary/aromatic N) is 1. The average Bonchev–Trinajstić information content (AvgIpc) is 2.88. The number of nitrogens with one attached hydrogen (secondary N) is 1. The number of anilines is 1. The zero-order chi connectivity index (χ0) is 12.3. The van der Waals surface area contributed by atoms with E-state index in [1.54, 1.807) is 18.4 Å². The number of amides is 1. The molecular formula is C12H14N2O2S. The number of thiazole rings is 1. The van der Waals surface area contributed by atoms with E-state index in [0.29, 0.717) is 16.8 Å². The molecule has 0 fully saturated rings. The van der Waals surface area contributed by atoms with Crippen LogP contribution >= 0.6 is 11.3 Å². The Morgan fingerprint density at radius 2 is 2.41 bits per heavy atom. The number of rotatable bonds is 4. The fourth-order valence-electron chi connectivity index (χ4n) is 1.34. The fourth-order valence-corrected chi connectivity index (χ4v) is 2.23. The summed E-state index contributed by atoms with van der Waals surface area (Å²) in [6, 6.07) is 3.55. The van der Waals surface area contributed by atoms with Crippen molar-refractivity contribution in [1.82, 2.24) is 4.98 Å². The minimum atomic E-state index is -0.107. The van der Waals surface area contributed by atoms with Crippen LogP contribution in [-0.4, -0.2) is 10.9 Å². The fraction of sp³-hybridized carbons (Fsp3) is 0.333. The highest BCUT2D eigenvalue weighted by atomic mass is 32.1. The van der Waals surface area contributed by atoms with E-state index in [1.165, 1.54) is 11.3 Å². The first kappa shape index (κ1) is 11.9. The van der Waals surface area contributed by atoms with Gasteiger partial charge >= 0.3 is 0 Å². The van der Waals surface area contributed by atoms with Crippen molar-refractivity contribution in [1.29, 1.82) is 0 Å². The molecule has 0 aliphatic rings. The second-order valence-corrected chi connectivity index (χ2v) is 4.89. The van der Waals surface area contributed by atoms with Crippen molar-refractivity contribution in [2.45, 2.75) is 26.2 Å². The van der Waals surface area contributed by atoms with Gasteiger partial charge in [-0.05, 0) is 18.1 Å². The van der Waals surface area contributed by atoms with E-state index < -0.39 is 0 Å². The Bertz CT molecular complexity index is 488. The van der Waals surface area contributed by atoms with Crippen LogP contribution in [0.1, 0.15) is 31.2 Å². The number of carbonyl (C=O) groups is 1. The van der Waals surface area contributed by atoms with E-state index in [2.05, 4.69) is 24.1 Å². The molecule has 4 nitrogen and oxygen atoms in total. The molecule has 2 heterocycles. The van der Waals surface area contributed by atoms with Crippen LogP contribution in [0.2, 0.25) is 0 Å². The summed E-state index contributed by atoms with van der Waals surface area (Å²) in [7, 11) is 0. The smallest absolute Gasteiger partial charge is 0.233 e. The summed E-state index contributed by atoms with van der Waals surface area (Å²) in [6.45, 7) is 4.15. The lowest BCUT2D eigenvalue weighted by Crippen LogP contribution is -2.13. The third kappa shape index (κ3) is 3.17. The molecule has 0 aliphatic carbocycles. The molecule has 0 saturated carbocycles. The Morgan fingerprint density at radius 1 is 1.59 bits per heavy atom. The molecule has 0 radical (unpaired) electrons. The van der Waals surface area contributed by atoms with Crippen LogP contribution in [0.5, 0.6) is 0 Å². The maximum absolute atomic E-state index is 11.7. The summed E-state index contributed by atoms with van der Waals surface area (Å²) >= 11 is 1.45. The molecule has 0 aromatic carbocycles. The van der Waals surface area contributed by atoms with Gasteiger partial charge in [-0.2, -0.15) is 0 Å². The zero-order valence-electron chi connectivity index (χ0n) is 9.77. The zero-order valence-corrected chi connectivity index (χ0v) is 10.6. The number of carbonyl (C=O) groups excluding carboxylic acids is 1. The summed E-state index contributed by atoms with van der Waals surface area (Å²) in [6.07, 6.45) is 1.80. The Morgan fingerprint density at radius 3 is 3.00 bits per heavy atom. The Kier molecular flexibility index (Phi) is 3.58. The molecule has 0 atom stereocenters. The SMILES string of the molecule is CC(C)c1csc(NC(=O)Cc2ccco2)n1. The van der Waals surface area contributed by atoms with Crippen molar-refractivity contribution in [2.75, 3.05) is 5.32 Å². The van der Waals surface area contributed by atoms with Crippen LogP contribution in [-0.2, 0) is 11.2 Å². The molecule has 0 unspecified atom stereocenters. The van der Waals surface area contributed by atoms with Crippen LogP contribution in [0.4, 0.5) is 5.13 Å². The lowest BCUT2D eigenvalue weighted by Gasteiger charge is -2.00. The lowest BCUT2D eigenvalue weighted by molar-refractivity contribution is -0.115. The molecule has 2 rings (SSSR count). The first-order valence-corrected chi connectivity index (χ1v) is 6.31. The summed E-state index contributed by atoms with van der Waals surface area (Å²) < 4.78 is 5.11. The molecule has 0 saturated heterocycles. The second-order valence-electron chi connectivity index (χ2n) is 4.04. The predicted octanol–water partition coefficient (Wildman–Crippen LogP) is 3.04. The van der Waals surface area contributed by atoms with Gasteiger partial charge in [0, 0.05) is 5.38 Å². The van der Waals surface area contributed by atoms with Crippen molar-refractivity contribution in [3.05, 3.63) is 35.2 Å². The minimum Gasteiger partial charge on any atom is -0.469 e. The average molecular weight is 250 g/mol. The van der Waals surface area contributed by atoms with Gasteiger partial charge in [-0.25, -0.2) is 4.98 Å². The largest absolute Gasteiger partial charge is 0.469 e. The molecule has 17 heavy (non-hydrogen) atoms. The van der Waals surface area contributed by atoms with Crippen molar-refractivity contribution >= 4 is 22.4 Å². The van der Waals surface area contributed by atoms with E-state index in [9.17, 15) is 4.79 Å². The topological polar surface area (TPSA) is 55.1 Å². The summed E-state index contributed by atoms with van der Waals surface area (Å²) in [5, 5.41) is 5.37. The first-order chi connectivity index (χ1) is 8.15. The summed E-state index contributed by atoms with van der Waals surface area (Å²) in [4.78, 5) is 16.0. The van der Waals surface area contributed by atoms with E-state index in [4.69, 9.17) is 4.42 Å². The minimum absolute atomic E-state index is 0.107. The number of furan rings is 1. The number of hydrogen-bond donors (Lipinski definition) is 1. The van der Waals surface area contributed by atoms with Gasteiger partial charge in [-0.3, -0.25) is 4.79 Å². The number of aromatic nitrogens is 1. The van der Waals surface area contributed by atoms with Crippen molar-refractivity contribution in [3.8, 4) is 0 Å². The third-order valence-corrected chi connectivity index (χ3v) is 3.05. The quantitative estimate of drug-likeness (QED) is 0.907. The lowest BCUT2D eigenvalue weighted by atomic mass is 10.2. The maximum Gasteiger partial charge on any atom is 0.233 e. The highest BCUT2D eigenvalue weighted by molar-refractivity contribution is 7.13. The van der Waals surface area contributed by atoms with Gasteiger partial charge in [0.15, 0.2) is 5.13 Å². The predicted molar refractivity (Wildman–Crippen MR) is 67.2 cm³/mol. The summed E-state index contributed by atoms with van der Waals surface area (Å²) in [5.41, 5.74) is 1.00. The van der Waals surface area contributed by atoms with Crippen LogP contribution < -0.4 is 5.32 Å². The van der Waals surface area contributed by atoms with Crippen LogP contribution in [0.15, 0.2) is 28.2 Å². The normalized spacial score (nSPS) is 10.8. The van der Waals surface area contributed by atoms with Gasteiger partial charge in [0.1, 0.15) is 5.76 Å². The van der Waals surface area contributed by atoms with Gasteiger partial charge in [0.05, 0.1) is 18.4 Å². The van der Waals surface area contributed by atoms with E-state index in [0.717, 1.165) is 5.69 Å². The van der Waals surface area contributed by atoms with E-state index in [-0.39, 0.29) is 12.3 Å². The van der Waals surface area contributed by atoms with Crippen molar-refractivity contribution < 1.29 is 9.21 Å². The van der Waals surface area contributed by atoms with Crippen molar-refractivity contribution in [2.24, 2.45) is 0 Å². The molecule has 0 aliphatic heterocycles. The van der Waals surface area contributed by atoms with Crippen LogP contribution in [0.3, 0.4) is 0 Å². The maximum atomic E-state index is 11.7. The Balaban J connectivity index is 1.93. The van der Waals surface area contributed by atoms with Gasteiger partial charge in [-0.15, -0.1) is 11.3 Å². The van der Waals surface area contributed by atoms with Gasteiger partial charge in [0.25, 0.3) is 0 Å².